The number of aliphatic hydroxyl groups is 6. The summed E-state index contributed by atoms with van der Waals surface area (Å²) in [6.07, 6.45) is -4.29. The molecule has 0 fully saturated rings. The summed E-state index contributed by atoms with van der Waals surface area (Å²) >= 11 is 0. The first-order chi connectivity index (χ1) is 12.4. The van der Waals surface area contributed by atoms with Crippen molar-refractivity contribution in [1.29, 1.82) is 0 Å². The smallest absolute Gasteiger partial charge is 0.124 e. The topological polar surface area (TPSA) is 182 Å². The normalized spacial score (nSPS) is 14.0. The van der Waals surface area contributed by atoms with Crippen molar-refractivity contribution in [2.24, 2.45) is 0 Å². The predicted molar refractivity (Wildman–Crippen MR) is 94.6 cm³/mol. The number of nitrogens with zero attached hydrogens (tertiary/aromatic N) is 1. The van der Waals surface area contributed by atoms with Gasteiger partial charge in [-0.05, 0) is 12.1 Å². The highest BCUT2D eigenvalue weighted by atomic mass is 16.4. The van der Waals surface area contributed by atoms with E-state index in [1.54, 1.807) is 6.07 Å². The minimum absolute atomic E-state index is 0.178. The van der Waals surface area contributed by atoms with Gasteiger partial charge in [0.25, 0.3) is 0 Å². The first-order valence-corrected chi connectivity index (χ1v) is 8.07. The molecule has 0 bridgehead atoms. The lowest BCUT2D eigenvalue weighted by Gasteiger charge is -2.21. The van der Waals surface area contributed by atoms with Crippen molar-refractivity contribution in [1.82, 2.24) is 0 Å². The number of aliphatic hydroxyl groups excluding tert-OH is 6. The number of carbonyl (C=O) groups excluding carboxylic acids is 1. The van der Waals surface area contributed by atoms with Gasteiger partial charge >= 0.3 is 0 Å². The zero-order valence-corrected chi connectivity index (χ0v) is 15.8. The highest BCUT2D eigenvalue weighted by Crippen LogP contribution is 2.13. The van der Waals surface area contributed by atoms with E-state index >= 15 is 0 Å². The number of aromatic hydroxyl groups is 1. The Morgan fingerprint density at radius 3 is 1.67 bits per heavy atom. The third kappa shape index (κ3) is 14.0. The fourth-order valence-corrected chi connectivity index (χ4v) is 1.42. The van der Waals surface area contributed by atoms with Crippen LogP contribution < -0.4 is 5.11 Å². The Bertz CT molecular complexity index is 509. The number of carbonyl (C=O) groups is 1. The number of rotatable bonds is 7. The van der Waals surface area contributed by atoms with Gasteiger partial charge in [0.2, 0.25) is 0 Å². The van der Waals surface area contributed by atoms with Crippen molar-refractivity contribution in [2.45, 2.75) is 18.3 Å². The molecule has 7 N–H and O–H groups in total. The lowest BCUT2D eigenvalue weighted by molar-refractivity contribution is -0.870. The number of carboxylic acids is 1. The quantitative estimate of drug-likeness (QED) is 0.231. The van der Waals surface area contributed by atoms with Crippen molar-refractivity contribution < 1.29 is 50.1 Å². The molecular weight excluding hydrogens is 362 g/mol. The molecular formula is C17H31NO9. The number of likely N-dealkylation sites (N-methyl/N-ethyl adjacent to an activating group) is 1. The molecule has 0 aliphatic heterocycles. The Kier molecular flexibility index (Phi) is 14.5. The van der Waals surface area contributed by atoms with E-state index in [-0.39, 0.29) is 17.9 Å². The Morgan fingerprint density at radius 2 is 1.44 bits per heavy atom. The van der Waals surface area contributed by atoms with Crippen LogP contribution in [0.5, 0.6) is 5.75 Å². The number of hydrogen-bond donors (Lipinski definition) is 7. The van der Waals surface area contributed by atoms with E-state index in [0.29, 0.717) is 0 Å². The fraction of sp³-hybridized carbons (Fsp3) is 0.588. The van der Waals surface area contributed by atoms with Crippen molar-refractivity contribution >= 4 is 5.97 Å². The minimum atomic E-state index is -1.49. The van der Waals surface area contributed by atoms with Gasteiger partial charge in [-0.1, -0.05) is 12.1 Å². The molecule has 0 saturated heterocycles. The summed E-state index contributed by atoms with van der Waals surface area (Å²) < 4.78 is 0.844. The summed E-state index contributed by atoms with van der Waals surface area (Å²) in [5.41, 5.74) is -0.178. The largest absolute Gasteiger partial charge is 0.545 e. The molecule has 0 aliphatic carbocycles. The van der Waals surface area contributed by atoms with Crippen LogP contribution in [0.2, 0.25) is 0 Å². The molecule has 0 unspecified atom stereocenters. The molecule has 0 aromatic heterocycles. The van der Waals surface area contributed by atoms with Gasteiger partial charge in [-0.2, -0.15) is 0 Å². The molecule has 1 aromatic rings. The van der Waals surface area contributed by atoms with Crippen molar-refractivity contribution in [3.8, 4) is 5.75 Å². The zero-order chi connectivity index (χ0) is 21.6. The Hall–Kier alpha value is -1.79. The highest BCUT2D eigenvalue weighted by Gasteiger charge is 2.22. The molecule has 1 rings (SSSR count). The maximum atomic E-state index is 10.2. The molecule has 10 nitrogen and oxygen atoms in total. The summed E-state index contributed by atoms with van der Waals surface area (Å²) in [6, 6.07) is 5.64. The summed E-state index contributed by atoms with van der Waals surface area (Å²) in [5.74, 6) is -1.62. The van der Waals surface area contributed by atoms with Gasteiger partial charge in [0, 0.05) is 5.56 Å². The van der Waals surface area contributed by atoms with Crippen LogP contribution in [-0.2, 0) is 0 Å². The maximum Gasteiger partial charge on any atom is 0.124 e. The Labute approximate surface area is 158 Å². The van der Waals surface area contributed by atoms with E-state index in [1.807, 2.05) is 0 Å². The molecule has 3 atom stereocenters. The van der Waals surface area contributed by atoms with E-state index in [4.69, 9.17) is 35.7 Å². The second kappa shape index (κ2) is 14.3. The Balaban J connectivity index is 0. The number of phenols is 1. The average Bonchev–Trinajstić information content (AvgIpc) is 2.59. The van der Waals surface area contributed by atoms with Gasteiger partial charge in [-0.15, -0.1) is 0 Å². The van der Waals surface area contributed by atoms with E-state index in [2.05, 4.69) is 21.1 Å². The second-order valence-electron chi connectivity index (χ2n) is 6.53. The first kappa shape index (κ1) is 27.4. The number of aromatic carboxylic acids is 1. The molecule has 0 saturated carbocycles. The highest BCUT2D eigenvalue weighted by molar-refractivity contribution is 5.88. The number of quaternary nitrogens is 1. The van der Waals surface area contributed by atoms with Crippen LogP contribution in [0.1, 0.15) is 10.4 Å². The van der Waals surface area contributed by atoms with Gasteiger partial charge < -0.3 is 50.1 Å². The van der Waals surface area contributed by atoms with Crippen molar-refractivity contribution in [3.63, 3.8) is 0 Å². The third-order valence-electron chi connectivity index (χ3n) is 3.06. The number of para-hydroxylation sites is 1. The summed E-state index contributed by atoms with van der Waals surface area (Å²) in [6.45, 7) is -0.167. The molecule has 0 aliphatic rings. The molecule has 10 heteroatoms. The molecule has 1 aromatic carbocycles. The molecule has 0 radical (unpaired) electrons. The molecule has 0 amide bonds. The van der Waals surface area contributed by atoms with Crippen LogP contribution in [0.3, 0.4) is 0 Å². The minimum Gasteiger partial charge on any atom is -0.545 e. The van der Waals surface area contributed by atoms with Gasteiger partial charge in [0.05, 0.1) is 46.9 Å². The SMILES string of the molecule is C[N+](C)(C)CCO.O=C([O-])c1ccccc1O.OC[C@@H](O)[C@H](O)[C@@H](O)CO. The van der Waals surface area contributed by atoms with Crippen LogP contribution in [-0.4, -0.2) is 112 Å². The molecule has 27 heavy (non-hydrogen) atoms. The number of benzene rings is 1. The van der Waals surface area contributed by atoms with Crippen molar-refractivity contribution in [2.75, 3.05) is 47.5 Å². The number of carboxylic acid groups (broad SMARTS) is 1. The Morgan fingerprint density at radius 1 is 1.00 bits per heavy atom. The van der Waals surface area contributed by atoms with Gasteiger partial charge in [-0.25, -0.2) is 0 Å². The fourth-order valence-electron chi connectivity index (χ4n) is 1.42. The predicted octanol–water partition coefficient (Wildman–Crippen LogP) is -3.51. The standard InChI is InChI=1S/C7H6O3.C5H14NO.C5H12O5/c8-6-4-2-1-3-5(6)7(9)10;1-6(2,3)4-5-7;6-1-3(8)5(10)4(9)2-7/h1-4,8H,(H,9,10);7H,4-5H2,1-3H3;3-10H,1-2H2/q;+1;/p-1/t;;3-,4+,5+. The van der Waals surface area contributed by atoms with Crippen molar-refractivity contribution in [3.05, 3.63) is 29.8 Å². The lowest BCUT2D eigenvalue weighted by atomic mass is 10.1. The van der Waals surface area contributed by atoms with E-state index in [1.165, 1.54) is 18.2 Å². The summed E-state index contributed by atoms with van der Waals surface area (Å²) in [7, 11) is 6.16. The number of hydrogen-bond acceptors (Lipinski definition) is 9. The average molecular weight is 393 g/mol. The van der Waals surface area contributed by atoms with Crippen LogP contribution in [0.15, 0.2) is 24.3 Å². The third-order valence-corrected chi connectivity index (χ3v) is 3.06. The molecule has 158 valence electrons. The molecule has 0 spiro atoms. The van der Waals surface area contributed by atoms with Gasteiger partial charge in [0.1, 0.15) is 30.6 Å². The first-order valence-electron chi connectivity index (χ1n) is 8.07. The molecule has 0 heterocycles. The summed E-state index contributed by atoms with van der Waals surface area (Å²) in [4.78, 5) is 10.2. The van der Waals surface area contributed by atoms with Gasteiger partial charge in [0.15, 0.2) is 0 Å². The van der Waals surface area contributed by atoms with E-state index < -0.39 is 37.5 Å². The van der Waals surface area contributed by atoms with Crippen LogP contribution >= 0.6 is 0 Å². The monoisotopic (exact) mass is 393 g/mol. The summed E-state index contributed by atoms with van der Waals surface area (Å²) in [5, 5.41) is 70.0. The van der Waals surface area contributed by atoms with Crippen LogP contribution in [0, 0.1) is 0 Å². The van der Waals surface area contributed by atoms with E-state index in [9.17, 15) is 9.90 Å². The second-order valence-corrected chi connectivity index (χ2v) is 6.53. The van der Waals surface area contributed by atoms with Gasteiger partial charge in [-0.3, -0.25) is 0 Å². The van der Waals surface area contributed by atoms with Crippen LogP contribution in [0.4, 0.5) is 0 Å². The van der Waals surface area contributed by atoms with E-state index in [0.717, 1.165) is 11.0 Å². The lowest BCUT2D eigenvalue weighted by Crippen LogP contribution is -2.41. The zero-order valence-electron chi connectivity index (χ0n) is 15.8. The maximum absolute atomic E-state index is 10.2. The van der Waals surface area contributed by atoms with Crippen LogP contribution in [0.25, 0.3) is 0 Å².